The molecule has 0 saturated carbocycles. The molecule has 0 bridgehead atoms. The van der Waals surface area contributed by atoms with E-state index in [9.17, 15) is 8.78 Å². The standard InChI is InChI=1S/C12H15F2NO.ClH/c13-9-1-2-10(11(14)7-9)12(15)8-3-5-16-6-4-8;/h1-2,7-8,12H,3-6,15H2;1H/t12-;/m1./s1. The number of halogens is 3. The SMILES string of the molecule is Cl.N[C@@H](c1ccc(F)cc1F)C1CCOCC1. The monoisotopic (exact) mass is 263 g/mol. The molecule has 0 aliphatic carbocycles. The van der Waals surface area contributed by atoms with Gasteiger partial charge in [-0.2, -0.15) is 0 Å². The Bertz CT molecular complexity index is 370. The van der Waals surface area contributed by atoms with Gasteiger partial charge in [-0.15, -0.1) is 12.4 Å². The molecule has 1 aliphatic heterocycles. The van der Waals surface area contributed by atoms with Crippen molar-refractivity contribution < 1.29 is 13.5 Å². The van der Waals surface area contributed by atoms with Gasteiger partial charge in [0.15, 0.2) is 0 Å². The molecule has 0 radical (unpaired) electrons. The molecule has 1 saturated heterocycles. The largest absolute Gasteiger partial charge is 0.381 e. The van der Waals surface area contributed by atoms with E-state index < -0.39 is 11.6 Å². The summed E-state index contributed by atoms with van der Waals surface area (Å²) < 4.78 is 31.5. The van der Waals surface area contributed by atoms with E-state index >= 15 is 0 Å². The van der Waals surface area contributed by atoms with Crippen LogP contribution in [0.4, 0.5) is 8.78 Å². The fraction of sp³-hybridized carbons (Fsp3) is 0.500. The van der Waals surface area contributed by atoms with Crippen LogP contribution in [-0.2, 0) is 4.74 Å². The van der Waals surface area contributed by atoms with Crippen LogP contribution in [0.3, 0.4) is 0 Å². The zero-order chi connectivity index (χ0) is 11.5. The molecule has 1 aromatic carbocycles. The zero-order valence-electron chi connectivity index (χ0n) is 9.36. The highest BCUT2D eigenvalue weighted by Crippen LogP contribution is 2.29. The average molecular weight is 264 g/mol. The van der Waals surface area contributed by atoms with Crippen molar-refractivity contribution in [3.63, 3.8) is 0 Å². The van der Waals surface area contributed by atoms with E-state index in [2.05, 4.69) is 0 Å². The lowest BCUT2D eigenvalue weighted by atomic mass is 9.87. The molecule has 2 rings (SSSR count). The van der Waals surface area contributed by atoms with Crippen LogP contribution in [0.15, 0.2) is 18.2 Å². The van der Waals surface area contributed by atoms with Crippen LogP contribution in [-0.4, -0.2) is 13.2 Å². The number of benzene rings is 1. The molecule has 0 unspecified atom stereocenters. The van der Waals surface area contributed by atoms with Crippen molar-refractivity contribution in [3.05, 3.63) is 35.4 Å². The van der Waals surface area contributed by atoms with Gasteiger partial charge < -0.3 is 10.5 Å². The van der Waals surface area contributed by atoms with Gasteiger partial charge in [-0.1, -0.05) is 6.07 Å². The fourth-order valence-corrected chi connectivity index (χ4v) is 2.10. The highest BCUT2D eigenvalue weighted by atomic mass is 35.5. The van der Waals surface area contributed by atoms with Crippen molar-refractivity contribution in [2.75, 3.05) is 13.2 Å². The molecule has 1 fully saturated rings. The second-order valence-corrected chi connectivity index (χ2v) is 4.14. The molecule has 1 aromatic rings. The third kappa shape index (κ3) is 3.37. The van der Waals surface area contributed by atoms with Gasteiger partial charge in [-0.25, -0.2) is 8.78 Å². The number of hydrogen-bond donors (Lipinski definition) is 1. The van der Waals surface area contributed by atoms with Crippen LogP contribution in [0.5, 0.6) is 0 Å². The minimum absolute atomic E-state index is 0. The minimum Gasteiger partial charge on any atom is -0.381 e. The molecule has 0 amide bonds. The summed E-state index contributed by atoms with van der Waals surface area (Å²) in [4.78, 5) is 0. The summed E-state index contributed by atoms with van der Waals surface area (Å²) in [5.41, 5.74) is 6.40. The Morgan fingerprint density at radius 3 is 2.47 bits per heavy atom. The molecular formula is C12H16ClF2NO. The highest BCUT2D eigenvalue weighted by molar-refractivity contribution is 5.85. The van der Waals surface area contributed by atoms with Crippen LogP contribution < -0.4 is 5.73 Å². The zero-order valence-corrected chi connectivity index (χ0v) is 10.2. The predicted molar refractivity (Wildman–Crippen MR) is 64.1 cm³/mol. The molecule has 17 heavy (non-hydrogen) atoms. The van der Waals surface area contributed by atoms with E-state index in [0.29, 0.717) is 18.8 Å². The molecule has 0 aromatic heterocycles. The highest BCUT2D eigenvalue weighted by Gasteiger charge is 2.24. The number of ether oxygens (including phenoxy) is 1. The summed E-state index contributed by atoms with van der Waals surface area (Å²) in [5, 5.41) is 0. The van der Waals surface area contributed by atoms with Crippen molar-refractivity contribution >= 4 is 12.4 Å². The van der Waals surface area contributed by atoms with Crippen LogP contribution in [0.2, 0.25) is 0 Å². The van der Waals surface area contributed by atoms with E-state index in [0.717, 1.165) is 18.9 Å². The van der Waals surface area contributed by atoms with E-state index in [1.807, 2.05) is 0 Å². The number of rotatable bonds is 2. The Hall–Kier alpha value is -0.710. The van der Waals surface area contributed by atoms with Crippen molar-refractivity contribution in [3.8, 4) is 0 Å². The van der Waals surface area contributed by atoms with E-state index in [-0.39, 0.29) is 24.4 Å². The van der Waals surface area contributed by atoms with Gasteiger partial charge in [0, 0.05) is 30.9 Å². The summed E-state index contributed by atoms with van der Waals surface area (Å²) in [6.07, 6.45) is 1.66. The summed E-state index contributed by atoms with van der Waals surface area (Å²) in [6.45, 7) is 1.34. The molecule has 0 spiro atoms. The quantitative estimate of drug-likeness (QED) is 0.891. The van der Waals surface area contributed by atoms with Gasteiger partial charge in [0.25, 0.3) is 0 Å². The first kappa shape index (κ1) is 14.4. The van der Waals surface area contributed by atoms with Gasteiger partial charge in [-0.05, 0) is 24.8 Å². The Balaban J connectivity index is 0.00000144. The first-order valence-corrected chi connectivity index (χ1v) is 5.47. The Morgan fingerprint density at radius 1 is 1.24 bits per heavy atom. The van der Waals surface area contributed by atoms with E-state index in [1.54, 1.807) is 0 Å². The molecule has 1 aliphatic rings. The van der Waals surface area contributed by atoms with Gasteiger partial charge in [0.1, 0.15) is 11.6 Å². The smallest absolute Gasteiger partial charge is 0.130 e. The lowest BCUT2D eigenvalue weighted by Crippen LogP contribution is -2.28. The van der Waals surface area contributed by atoms with Crippen molar-refractivity contribution in [2.45, 2.75) is 18.9 Å². The lowest BCUT2D eigenvalue weighted by Gasteiger charge is -2.28. The maximum absolute atomic E-state index is 13.5. The molecule has 2 N–H and O–H groups in total. The van der Waals surface area contributed by atoms with Crippen LogP contribution in [0, 0.1) is 17.6 Å². The second kappa shape index (κ2) is 6.28. The summed E-state index contributed by atoms with van der Waals surface area (Å²) >= 11 is 0. The van der Waals surface area contributed by atoms with Gasteiger partial charge >= 0.3 is 0 Å². The molecule has 5 heteroatoms. The third-order valence-electron chi connectivity index (χ3n) is 3.10. The van der Waals surface area contributed by atoms with Crippen LogP contribution >= 0.6 is 12.4 Å². The van der Waals surface area contributed by atoms with E-state index in [1.165, 1.54) is 12.1 Å². The topological polar surface area (TPSA) is 35.2 Å². The van der Waals surface area contributed by atoms with Crippen molar-refractivity contribution in [1.82, 2.24) is 0 Å². The number of hydrogen-bond acceptors (Lipinski definition) is 2. The average Bonchev–Trinajstić information content (AvgIpc) is 2.29. The third-order valence-corrected chi connectivity index (χ3v) is 3.10. The Kier molecular flexibility index (Phi) is 5.31. The molecule has 1 atom stereocenters. The van der Waals surface area contributed by atoms with E-state index in [4.69, 9.17) is 10.5 Å². The van der Waals surface area contributed by atoms with Crippen molar-refractivity contribution in [1.29, 1.82) is 0 Å². The minimum atomic E-state index is -0.569. The lowest BCUT2D eigenvalue weighted by molar-refractivity contribution is 0.0580. The van der Waals surface area contributed by atoms with Crippen LogP contribution in [0.1, 0.15) is 24.4 Å². The van der Waals surface area contributed by atoms with Gasteiger partial charge in [-0.3, -0.25) is 0 Å². The molecular weight excluding hydrogens is 248 g/mol. The van der Waals surface area contributed by atoms with Gasteiger partial charge in [0.2, 0.25) is 0 Å². The van der Waals surface area contributed by atoms with Crippen molar-refractivity contribution in [2.24, 2.45) is 11.7 Å². The summed E-state index contributed by atoms with van der Waals surface area (Å²) in [7, 11) is 0. The maximum Gasteiger partial charge on any atom is 0.130 e. The summed E-state index contributed by atoms with van der Waals surface area (Å²) in [6, 6.07) is 3.20. The maximum atomic E-state index is 13.5. The first-order valence-electron chi connectivity index (χ1n) is 5.47. The van der Waals surface area contributed by atoms with Gasteiger partial charge in [0.05, 0.1) is 0 Å². The number of nitrogens with two attached hydrogens (primary N) is 1. The van der Waals surface area contributed by atoms with Crippen LogP contribution in [0.25, 0.3) is 0 Å². The fourth-order valence-electron chi connectivity index (χ4n) is 2.10. The Labute approximate surface area is 106 Å². The molecule has 96 valence electrons. The predicted octanol–water partition coefficient (Wildman–Crippen LogP) is 2.81. The second-order valence-electron chi connectivity index (χ2n) is 4.14. The first-order chi connectivity index (χ1) is 7.68. The molecule has 2 nitrogen and oxygen atoms in total. The molecule has 1 heterocycles. The summed E-state index contributed by atoms with van der Waals surface area (Å²) in [5.74, 6) is -0.909. The normalized spacial score (nSPS) is 18.5. The Morgan fingerprint density at radius 2 is 1.88 bits per heavy atom.